The Balaban J connectivity index is 1.23. The number of hydrogen-bond donors (Lipinski definition) is 0. The maximum Gasteiger partial charge on any atom is 0.339 e. The summed E-state index contributed by atoms with van der Waals surface area (Å²) in [7, 11) is 0. The maximum atomic E-state index is 13.3. The number of carbonyl (C=O) groups is 2. The number of fused-ring (bicyclic) bond motifs is 6. The zero-order valence-corrected chi connectivity index (χ0v) is 21.6. The summed E-state index contributed by atoms with van der Waals surface area (Å²) in [4.78, 5) is 42.8. The number of hydrogen-bond acceptors (Lipinski definition) is 5. The number of carbonyl (C=O) groups excluding carboxylic acids is 2. The van der Waals surface area contributed by atoms with Crippen molar-refractivity contribution in [3.63, 3.8) is 0 Å². The molecule has 5 heterocycles. The van der Waals surface area contributed by atoms with E-state index in [2.05, 4.69) is 11.0 Å². The van der Waals surface area contributed by atoms with E-state index < -0.39 is 0 Å². The molecule has 3 aliphatic rings. The van der Waals surface area contributed by atoms with Gasteiger partial charge < -0.3 is 18.6 Å². The molecule has 6 rings (SSSR count). The Morgan fingerprint density at radius 1 is 0.972 bits per heavy atom. The zero-order valence-electron chi connectivity index (χ0n) is 21.6. The van der Waals surface area contributed by atoms with Gasteiger partial charge in [-0.3, -0.25) is 9.59 Å². The molecule has 2 bridgehead atoms. The second-order valence-corrected chi connectivity index (χ2v) is 11.2. The van der Waals surface area contributed by atoms with E-state index >= 15 is 0 Å². The van der Waals surface area contributed by atoms with Crippen LogP contribution in [-0.2, 0) is 16.0 Å². The fraction of sp³-hybridized carbons (Fsp3) is 0.552. The second kappa shape index (κ2) is 8.49. The van der Waals surface area contributed by atoms with Gasteiger partial charge in [0.25, 0.3) is 0 Å². The number of rotatable bonds is 3. The van der Waals surface area contributed by atoms with Gasteiger partial charge in [-0.15, -0.1) is 0 Å². The summed E-state index contributed by atoms with van der Waals surface area (Å²) in [5, 5.41) is 1.94. The molecule has 1 unspecified atom stereocenters. The molecular weight excluding hydrogens is 456 g/mol. The van der Waals surface area contributed by atoms with Gasteiger partial charge in [-0.25, -0.2) is 4.79 Å². The van der Waals surface area contributed by atoms with Crippen molar-refractivity contribution in [1.82, 2.24) is 9.80 Å². The fourth-order valence-corrected chi connectivity index (χ4v) is 6.99. The Hall–Kier alpha value is -3.09. The molecule has 3 aromatic rings. The number of furan rings is 1. The van der Waals surface area contributed by atoms with Crippen molar-refractivity contribution in [2.24, 2.45) is 11.8 Å². The lowest BCUT2D eigenvalue weighted by molar-refractivity contribution is -0.148. The monoisotopic (exact) mass is 490 g/mol. The van der Waals surface area contributed by atoms with Crippen LogP contribution in [0, 0.1) is 39.5 Å². The molecule has 3 atom stereocenters. The molecule has 3 fully saturated rings. The lowest BCUT2D eigenvalue weighted by Gasteiger charge is -2.52. The Bertz CT molecular complexity index is 1460. The van der Waals surface area contributed by atoms with Gasteiger partial charge in [0.15, 0.2) is 0 Å². The van der Waals surface area contributed by atoms with Crippen molar-refractivity contribution in [1.29, 1.82) is 0 Å². The minimum absolute atomic E-state index is 0.0899. The lowest BCUT2D eigenvalue weighted by atomic mass is 9.76. The molecule has 2 aromatic heterocycles. The summed E-state index contributed by atoms with van der Waals surface area (Å²) in [6.45, 7) is 10.0. The van der Waals surface area contributed by atoms with Gasteiger partial charge in [-0.2, -0.15) is 0 Å². The largest absolute Gasteiger partial charge is 0.461 e. The van der Waals surface area contributed by atoms with Crippen LogP contribution in [0.3, 0.4) is 0 Å². The van der Waals surface area contributed by atoms with E-state index in [1.807, 2.05) is 32.6 Å². The number of likely N-dealkylation sites (tertiary alicyclic amines) is 1. The molecule has 3 aliphatic heterocycles. The molecule has 0 radical (unpaired) electrons. The predicted octanol–water partition coefficient (Wildman–Crippen LogP) is 4.56. The first-order valence-electron chi connectivity index (χ1n) is 13.3. The number of benzene rings is 1. The molecule has 2 amide bonds. The van der Waals surface area contributed by atoms with Crippen molar-refractivity contribution in [2.75, 3.05) is 19.6 Å². The lowest BCUT2D eigenvalue weighted by Crippen LogP contribution is -2.61. The van der Waals surface area contributed by atoms with E-state index in [0.717, 1.165) is 64.6 Å². The van der Waals surface area contributed by atoms with E-state index in [-0.39, 0.29) is 29.9 Å². The molecule has 3 saturated heterocycles. The van der Waals surface area contributed by atoms with Gasteiger partial charge in [0, 0.05) is 60.4 Å². The van der Waals surface area contributed by atoms with Crippen LogP contribution >= 0.6 is 0 Å². The van der Waals surface area contributed by atoms with Crippen LogP contribution in [0.15, 0.2) is 19.7 Å². The average molecular weight is 491 g/mol. The van der Waals surface area contributed by atoms with E-state index in [0.29, 0.717) is 48.9 Å². The van der Waals surface area contributed by atoms with Crippen LogP contribution < -0.4 is 5.63 Å². The van der Waals surface area contributed by atoms with E-state index in [4.69, 9.17) is 8.83 Å². The van der Waals surface area contributed by atoms with Gasteiger partial charge in [0.2, 0.25) is 11.8 Å². The summed E-state index contributed by atoms with van der Waals surface area (Å²) in [6.07, 6.45) is 4.42. The van der Waals surface area contributed by atoms with Crippen LogP contribution in [0.25, 0.3) is 21.9 Å². The number of piperidine rings is 3. The molecular formula is C29H34N2O5. The van der Waals surface area contributed by atoms with Crippen LogP contribution in [0.5, 0.6) is 0 Å². The van der Waals surface area contributed by atoms with Crippen LogP contribution in [-0.4, -0.2) is 47.3 Å². The highest BCUT2D eigenvalue weighted by molar-refractivity contribution is 6.00. The predicted molar refractivity (Wildman–Crippen MR) is 137 cm³/mol. The summed E-state index contributed by atoms with van der Waals surface area (Å²) in [5.74, 6) is 1.96. The van der Waals surface area contributed by atoms with Gasteiger partial charge >= 0.3 is 5.63 Å². The first kappa shape index (κ1) is 23.3. The number of amides is 2. The number of nitrogens with zero attached hydrogens (tertiary/aromatic N) is 2. The summed E-state index contributed by atoms with van der Waals surface area (Å²) < 4.78 is 11.7. The van der Waals surface area contributed by atoms with Crippen LogP contribution in [0.1, 0.15) is 60.1 Å². The van der Waals surface area contributed by atoms with Crippen molar-refractivity contribution in [3.8, 4) is 0 Å². The molecule has 36 heavy (non-hydrogen) atoms. The van der Waals surface area contributed by atoms with Gasteiger partial charge in [-0.05, 0) is 82.4 Å². The smallest absolute Gasteiger partial charge is 0.339 e. The Morgan fingerprint density at radius 2 is 1.72 bits per heavy atom. The molecule has 1 aromatic carbocycles. The van der Waals surface area contributed by atoms with Crippen molar-refractivity contribution in [2.45, 2.75) is 72.3 Å². The highest BCUT2D eigenvalue weighted by atomic mass is 16.4. The van der Waals surface area contributed by atoms with Crippen molar-refractivity contribution < 1.29 is 18.4 Å². The SMILES string of the molecule is Cc1oc2c(C)c3oc(=O)c(CCC(=O)N4C[C@H]5C[C@@H](C4)C4CCCC(=O)N4C5)c(C)c3cc2c1C. The first-order valence-corrected chi connectivity index (χ1v) is 13.3. The standard InChI is InChI=1S/C29H34N2O5/c1-15-18(4)35-27-17(3)28-23(11-22(15)27)16(2)21(29(34)36-28)8-9-25(32)30-12-19-10-20(14-30)24-6-5-7-26(33)31(24)13-19/h11,19-20,24H,5-10,12-14H2,1-4H3/t19-,20+,24?/m1/s1. The number of aryl methyl sites for hydroxylation is 4. The van der Waals surface area contributed by atoms with Gasteiger partial charge in [0.1, 0.15) is 16.9 Å². The first-order chi connectivity index (χ1) is 17.2. The topological polar surface area (TPSA) is 84.0 Å². The van der Waals surface area contributed by atoms with Gasteiger partial charge in [-0.1, -0.05) is 0 Å². The van der Waals surface area contributed by atoms with Crippen LogP contribution in [0.4, 0.5) is 0 Å². The quantitative estimate of drug-likeness (QED) is 0.503. The summed E-state index contributed by atoms with van der Waals surface area (Å²) >= 11 is 0. The molecule has 0 aliphatic carbocycles. The molecule has 0 N–H and O–H groups in total. The molecule has 7 heteroatoms. The summed E-state index contributed by atoms with van der Waals surface area (Å²) in [6, 6.07) is 2.33. The zero-order chi connectivity index (χ0) is 25.3. The highest BCUT2D eigenvalue weighted by Crippen LogP contribution is 2.38. The average Bonchev–Trinajstić information content (AvgIpc) is 3.14. The van der Waals surface area contributed by atoms with Crippen molar-refractivity contribution in [3.05, 3.63) is 44.5 Å². The minimum atomic E-state index is -0.373. The summed E-state index contributed by atoms with van der Waals surface area (Å²) in [5.41, 5.74) is 4.32. The minimum Gasteiger partial charge on any atom is -0.461 e. The molecule has 0 spiro atoms. The second-order valence-electron chi connectivity index (χ2n) is 11.2. The highest BCUT2D eigenvalue weighted by Gasteiger charge is 2.44. The van der Waals surface area contributed by atoms with E-state index in [9.17, 15) is 14.4 Å². The molecule has 0 saturated carbocycles. The van der Waals surface area contributed by atoms with Gasteiger partial charge in [0.05, 0.1) is 0 Å². The fourth-order valence-electron chi connectivity index (χ4n) is 6.99. The van der Waals surface area contributed by atoms with E-state index in [1.54, 1.807) is 0 Å². The van der Waals surface area contributed by atoms with E-state index in [1.165, 1.54) is 0 Å². The van der Waals surface area contributed by atoms with Crippen molar-refractivity contribution >= 4 is 33.8 Å². The normalized spacial score (nSPS) is 24.0. The third-order valence-electron chi connectivity index (χ3n) is 9.07. The Morgan fingerprint density at radius 3 is 2.53 bits per heavy atom. The van der Waals surface area contributed by atoms with Crippen LogP contribution in [0.2, 0.25) is 0 Å². The Kier molecular flexibility index (Phi) is 5.50. The third kappa shape index (κ3) is 3.58. The molecule has 7 nitrogen and oxygen atoms in total. The maximum absolute atomic E-state index is 13.3. The molecule has 190 valence electrons. The third-order valence-corrected chi connectivity index (χ3v) is 9.07. The Labute approximate surface area is 210 Å².